The third-order valence-corrected chi connectivity index (χ3v) is 3.37. The van der Waals surface area contributed by atoms with Crippen molar-refractivity contribution in [3.05, 3.63) is 69.0 Å². The molecule has 0 atom stereocenters. The van der Waals surface area contributed by atoms with E-state index in [1.54, 1.807) is 18.5 Å². The van der Waals surface area contributed by atoms with Crippen LogP contribution in [0.1, 0.15) is 56.2 Å². The summed E-state index contributed by atoms with van der Waals surface area (Å²) in [4.78, 5) is 0. The monoisotopic (exact) mass is 322 g/mol. The molecule has 2 heterocycles. The fourth-order valence-electron chi connectivity index (χ4n) is 1.89. The SMILES string of the molecule is CC(C)c1cc(Cl)c[n+]([O-])c1.Cc1cc(C(C)C)c[n+]([O-])c1. The van der Waals surface area contributed by atoms with Gasteiger partial charge in [0.15, 0.2) is 24.8 Å². The van der Waals surface area contributed by atoms with Crippen molar-refractivity contribution in [1.82, 2.24) is 0 Å². The second kappa shape index (κ2) is 7.99. The third kappa shape index (κ3) is 5.90. The average Bonchev–Trinajstić information content (AvgIpc) is 2.37. The highest BCUT2D eigenvalue weighted by Gasteiger charge is 2.05. The van der Waals surface area contributed by atoms with Crippen LogP contribution in [-0.2, 0) is 0 Å². The van der Waals surface area contributed by atoms with Gasteiger partial charge in [-0.15, -0.1) is 0 Å². The van der Waals surface area contributed by atoms with E-state index >= 15 is 0 Å². The molecule has 2 rings (SSSR count). The lowest BCUT2D eigenvalue weighted by atomic mass is 10.0. The van der Waals surface area contributed by atoms with Gasteiger partial charge in [0.2, 0.25) is 0 Å². The Morgan fingerprint density at radius 1 is 0.818 bits per heavy atom. The first-order valence-electron chi connectivity index (χ1n) is 7.28. The number of halogens is 1. The summed E-state index contributed by atoms with van der Waals surface area (Å²) < 4.78 is 1.60. The van der Waals surface area contributed by atoms with E-state index < -0.39 is 0 Å². The second-order valence-electron chi connectivity index (χ2n) is 5.96. The van der Waals surface area contributed by atoms with Gasteiger partial charge in [-0.2, -0.15) is 9.46 Å². The molecule has 2 aromatic heterocycles. The van der Waals surface area contributed by atoms with Crippen LogP contribution in [0, 0.1) is 17.3 Å². The molecule has 0 aliphatic carbocycles. The van der Waals surface area contributed by atoms with Crippen LogP contribution in [0.15, 0.2) is 36.9 Å². The summed E-state index contributed by atoms with van der Waals surface area (Å²) in [5.41, 5.74) is 3.08. The van der Waals surface area contributed by atoms with Crippen LogP contribution in [-0.4, -0.2) is 0 Å². The van der Waals surface area contributed by atoms with E-state index in [9.17, 15) is 10.4 Å². The molecular weight excluding hydrogens is 300 g/mol. The summed E-state index contributed by atoms with van der Waals surface area (Å²) in [6.45, 7) is 10.1. The summed E-state index contributed by atoms with van der Waals surface area (Å²) in [6, 6.07) is 3.85. The minimum absolute atomic E-state index is 0.342. The molecule has 0 fully saturated rings. The molecule has 0 radical (unpaired) electrons. The van der Waals surface area contributed by atoms with Crippen molar-refractivity contribution in [2.45, 2.75) is 46.5 Å². The Labute approximate surface area is 137 Å². The Balaban J connectivity index is 0.000000220. The Morgan fingerprint density at radius 3 is 1.68 bits per heavy atom. The quantitative estimate of drug-likeness (QED) is 0.623. The van der Waals surface area contributed by atoms with E-state index in [1.807, 2.05) is 26.8 Å². The highest BCUT2D eigenvalue weighted by Crippen LogP contribution is 2.15. The maximum Gasteiger partial charge on any atom is 0.199 e. The predicted octanol–water partition coefficient (Wildman–Crippen LogP) is 3.85. The van der Waals surface area contributed by atoms with Crippen molar-refractivity contribution in [3.8, 4) is 0 Å². The lowest BCUT2D eigenvalue weighted by Gasteiger charge is -2.05. The van der Waals surface area contributed by atoms with Gasteiger partial charge in [0, 0.05) is 16.7 Å². The molecule has 5 heteroatoms. The first kappa shape index (κ1) is 18.2. The van der Waals surface area contributed by atoms with Gasteiger partial charge in [0.25, 0.3) is 0 Å². The minimum Gasteiger partial charge on any atom is -0.619 e. The zero-order valence-electron chi connectivity index (χ0n) is 13.7. The van der Waals surface area contributed by atoms with E-state index in [4.69, 9.17) is 11.6 Å². The van der Waals surface area contributed by atoms with Gasteiger partial charge in [0.05, 0.1) is 0 Å². The third-order valence-electron chi connectivity index (χ3n) is 3.17. The standard InChI is InChI=1S/C9H13NO.C8H10ClNO/c1-7(2)9-4-8(3)5-10(11)6-9;1-6(2)7-3-8(9)5-10(11)4-7/h4-7H,1-3H3;3-6H,1-2H3. The maximum absolute atomic E-state index is 10.9. The molecule has 0 amide bonds. The highest BCUT2D eigenvalue weighted by molar-refractivity contribution is 6.30. The van der Waals surface area contributed by atoms with Gasteiger partial charge in [-0.25, -0.2) is 0 Å². The van der Waals surface area contributed by atoms with Gasteiger partial charge in [-0.3, -0.25) is 0 Å². The molecule has 0 saturated carbocycles. The van der Waals surface area contributed by atoms with Crippen molar-refractivity contribution in [2.24, 2.45) is 0 Å². The molecule has 120 valence electrons. The normalized spacial score (nSPS) is 10.5. The molecular formula is C17H23ClN2O2. The summed E-state index contributed by atoms with van der Waals surface area (Å²) in [5.74, 6) is 0.768. The number of nitrogens with zero attached hydrogens (tertiary/aromatic N) is 2. The molecule has 4 nitrogen and oxygen atoms in total. The molecule has 0 bridgehead atoms. The van der Waals surface area contributed by atoms with E-state index in [1.165, 1.54) is 12.4 Å². The van der Waals surface area contributed by atoms with Crippen molar-refractivity contribution >= 4 is 11.6 Å². The summed E-state index contributed by atoms with van der Waals surface area (Å²) in [7, 11) is 0. The number of aryl methyl sites for hydroxylation is 1. The van der Waals surface area contributed by atoms with Crippen LogP contribution in [0.25, 0.3) is 0 Å². The van der Waals surface area contributed by atoms with E-state index in [0.717, 1.165) is 26.2 Å². The Bertz CT molecular complexity index is 532. The van der Waals surface area contributed by atoms with Crippen molar-refractivity contribution in [2.75, 3.05) is 0 Å². The number of rotatable bonds is 2. The summed E-state index contributed by atoms with van der Waals surface area (Å²) in [5, 5.41) is 22.3. The first-order valence-corrected chi connectivity index (χ1v) is 7.66. The second-order valence-corrected chi connectivity index (χ2v) is 6.40. The fourth-order valence-corrected chi connectivity index (χ4v) is 2.12. The van der Waals surface area contributed by atoms with Gasteiger partial charge in [-0.1, -0.05) is 39.3 Å². The molecule has 2 aromatic rings. The smallest absolute Gasteiger partial charge is 0.199 e. The molecule has 0 saturated heterocycles. The van der Waals surface area contributed by atoms with Crippen LogP contribution < -0.4 is 9.46 Å². The van der Waals surface area contributed by atoms with E-state index in [2.05, 4.69) is 13.8 Å². The van der Waals surface area contributed by atoms with Crippen molar-refractivity contribution < 1.29 is 9.46 Å². The van der Waals surface area contributed by atoms with Crippen LogP contribution in [0.2, 0.25) is 5.02 Å². The maximum atomic E-state index is 10.9. The lowest BCUT2D eigenvalue weighted by molar-refractivity contribution is -0.606. The van der Waals surface area contributed by atoms with Crippen molar-refractivity contribution in [1.29, 1.82) is 0 Å². The Morgan fingerprint density at radius 2 is 1.27 bits per heavy atom. The fraction of sp³-hybridized carbons (Fsp3) is 0.412. The number of aromatic nitrogens is 2. The molecule has 0 aliphatic rings. The van der Waals surface area contributed by atoms with Gasteiger partial charge in [0.1, 0.15) is 5.02 Å². The topological polar surface area (TPSA) is 53.9 Å². The number of hydrogen-bond donors (Lipinski definition) is 0. The number of hydrogen-bond acceptors (Lipinski definition) is 2. The van der Waals surface area contributed by atoms with Crippen LogP contribution in [0.3, 0.4) is 0 Å². The first-order chi connectivity index (χ1) is 10.2. The van der Waals surface area contributed by atoms with Gasteiger partial charge < -0.3 is 10.4 Å². The lowest BCUT2D eigenvalue weighted by Crippen LogP contribution is -2.26. The van der Waals surface area contributed by atoms with Crippen molar-refractivity contribution in [3.63, 3.8) is 0 Å². The zero-order valence-corrected chi connectivity index (χ0v) is 14.5. The molecule has 0 aliphatic heterocycles. The zero-order chi connectivity index (χ0) is 16.9. The Kier molecular flexibility index (Phi) is 6.62. The van der Waals surface area contributed by atoms with Crippen LogP contribution >= 0.6 is 11.6 Å². The van der Waals surface area contributed by atoms with Crippen LogP contribution in [0.4, 0.5) is 0 Å². The number of pyridine rings is 2. The summed E-state index contributed by atoms with van der Waals surface area (Å²) in [6.07, 6.45) is 6.08. The molecule has 0 aromatic carbocycles. The van der Waals surface area contributed by atoms with Gasteiger partial charge in [-0.05, 0) is 30.9 Å². The highest BCUT2D eigenvalue weighted by atomic mass is 35.5. The minimum atomic E-state index is 0.342. The summed E-state index contributed by atoms with van der Waals surface area (Å²) >= 11 is 5.67. The van der Waals surface area contributed by atoms with E-state index in [0.29, 0.717) is 16.9 Å². The average molecular weight is 323 g/mol. The Hall–Kier alpha value is -1.81. The molecule has 0 unspecified atom stereocenters. The molecule has 0 spiro atoms. The van der Waals surface area contributed by atoms with E-state index in [-0.39, 0.29) is 0 Å². The molecule has 22 heavy (non-hydrogen) atoms. The van der Waals surface area contributed by atoms with Crippen LogP contribution in [0.5, 0.6) is 0 Å². The predicted molar refractivity (Wildman–Crippen MR) is 88.7 cm³/mol. The molecule has 0 N–H and O–H groups in total. The largest absolute Gasteiger partial charge is 0.619 e. The van der Waals surface area contributed by atoms with Gasteiger partial charge >= 0.3 is 0 Å².